The van der Waals surface area contributed by atoms with Crippen LogP contribution in [0.25, 0.3) is 10.9 Å². The van der Waals surface area contributed by atoms with Crippen molar-refractivity contribution < 1.29 is 4.79 Å². The quantitative estimate of drug-likeness (QED) is 0.705. The van der Waals surface area contributed by atoms with Gasteiger partial charge in [-0.25, -0.2) is 0 Å². The maximum atomic E-state index is 11.5. The minimum atomic E-state index is 0.272. The van der Waals surface area contributed by atoms with Crippen LogP contribution in [-0.2, 0) is 11.2 Å². The molecule has 4 heteroatoms. The molecule has 3 nitrogen and oxygen atoms in total. The van der Waals surface area contributed by atoms with Gasteiger partial charge in [0.05, 0.1) is 6.04 Å². The lowest BCUT2D eigenvalue weighted by atomic mass is 9.94. The summed E-state index contributed by atoms with van der Waals surface area (Å²) < 4.78 is 1.36. The number of H-pyrrole nitrogens is 1. The van der Waals surface area contributed by atoms with Crippen LogP contribution in [0.5, 0.6) is 0 Å². The molecule has 1 atom stereocenters. The van der Waals surface area contributed by atoms with Gasteiger partial charge in [-0.2, -0.15) is 0 Å². The van der Waals surface area contributed by atoms with Gasteiger partial charge in [0.25, 0.3) is 0 Å². The Morgan fingerprint density at radius 3 is 2.96 bits per heavy atom. The van der Waals surface area contributed by atoms with E-state index in [1.54, 1.807) is 6.92 Å². The van der Waals surface area contributed by atoms with Crippen molar-refractivity contribution in [2.75, 3.05) is 13.1 Å². The number of allylic oxidation sites excluding steroid dienone is 1. The summed E-state index contributed by atoms with van der Waals surface area (Å²) in [4.78, 5) is 17.7. The predicted molar refractivity (Wildman–Crippen MR) is 104 cm³/mol. The summed E-state index contributed by atoms with van der Waals surface area (Å²) in [6.45, 7) is 5.80. The van der Waals surface area contributed by atoms with Crippen LogP contribution in [0.4, 0.5) is 0 Å². The molecule has 0 fully saturated rings. The molecule has 1 aromatic heterocycles. The van der Waals surface area contributed by atoms with Crippen LogP contribution < -0.4 is 0 Å². The number of halogens is 1. The zero-order chi connectivity index (χ0) is 16.4. The van der Waals surface area contributed by atoms with E-state index in [9.17, 15) is 4.79 Å². The molecule has 0 spiro atoms. The average Bonchev–Trinajstić information content (AvgIpc) is 2.92. The molecule has 122 valence electrons. The average molecular weight is 422 g/mol. The van der Waals surface area contributed by atoms with Gasteiger partial charge in [0.15, 0.2) is 0 Å². The standard InChI is InChI=1S/C19H23IN2O/c1-3-14(20)12-22-11-10-16-15-6-4-5-7-17(15)21-19(16)18(22)9-8-13(2)23/h3-7,18,21H,8-12H2,1-2H3/b14-3-/t18-/m0/s1. The van der Waals surface area contributed by atoms with Gasteiger partial charge in [0.2, 0.25) is 0 Å². The summed E-state index contributed by atoms with van der Waals surface area (Å²) in [6, 6.07) is 8.85. The number of benzene rings is 1. The molecule has 0 radical (unpaired) electrons. The molecule has 1 aromatic carbocycles. The second-order valence-corrected chi connectivity index (χ2v) is 7.66. The van der Waals surface area contributed by atoms with E-state index < -0.39 is 0 Å². The van der Waals surface area contributed by atoms with Crippen LogP contribution in [0.2, 0.25) is 0 Å². The van der Waals surface area contributed by atoms with Gasteiger partial charge in [0, 0.05) is 39.7 Å². The fourth-order valence-corrected chi connectivity index (χ4v) is 3.95. The first-order valence-corrected chi connectivity index (χ1v) is 9.31. The third-order valence-electron chi connectivity index (χ3n) is 4.71. The maximum absolute atomic E-state index is 11.5. The van der Waals surface area contributed by atoms with Gasteiger partial charge < -0.3 is 9.78 Å². The van der Waals surface area contributed by atoms with E-state index in [0.29, 0.717) is 12.5 Å². The number of fused-ring (bicyclic) bond motifs is 3. The van der Waals surface area contributed by atoms with Crippen molar-refractivity contribution in [3.8, 4) is 0 Å². The molecule has 1 aliphatic heterocycles. The third kappa shape index (κ3) is 3.53. The van der Waals surface area contributed by atoms with Crippen molar-refractivity contribution in [2.24, 2.45) is 0 Å². The van der Waals surface area contributed by atoms with Crippen molar-refractivity contribution in [1.29, 1.82) is 0 Å². The number of rotatable bonds is 5. The van der Waals surface area contributed by atoms with Crippen molar-refractivity contribution in [1.82, 2.24) is 9.88 Å². The summed E-state index contributed by atoms with van der Waals surface area (Å²) in [6.07, 6.45) is 4.78. The number of ketones is 1. The van der Waals surface area contributed by atoms with E-state index in [0.717, 1.165) is 25.9 Å². The lowest BCUT2D eigenvalue weighted by Gasteiger charge is -2.35. The highest BCUT2D eigenvalue weighted by atomic mass is 127. The van der Waals surface area contributed by atoms with E-state index in [1.165, 1.54) is 25.7 Å². The highest BCUT2D eigenvalue weighted by molar-refractivity contribution is 14.1. The Hall–Kier alpha value is -1.14. The Balaban J connectivity index is 1.97. The molecule has 2 aromatic rings. The Bertz CT molecular complexity index is 747. The highest BCUT2D eigenvalue weighted by Crippen LogP contribution is 2.37. The lowest BCUT2D eigenvalue weighted by molar-refractivity contribution is -0.117. The van der Waals surface area contributed by atoms with E-state index >= 15 is 0 Å². The van der Waals surface area contributed by atoms with Crippen LogP contribution in [-0.4, -0.2) is 28.8 Å². The Kier molecular flexibility index (Phi) is 5.21. The SMILES string of the molecule is C/C=C(\I)CN1CCc2c([nH]c3ccccc23)[C@@H]1CCC(C)=O. The third-order valence-corrected chi connectivity index (χ3v) is 5.67. The first-order chi connectivity index (χ1) is 11.1. The van der Waals surface area contributed by atoms with E-state index in [-0.39, 0.29) is 5.78 Å². The molecule has 3 rings (SSSR count). The molecule has 0 saturated carbocycles. The van der Waals surface area contributed by atoms with E-state index in [4.69, 9.17) is 0 Å². The smallest absolute Gasteiger partial charge is 0.129 e. The van der Waals surface area contributed by atoms with Crippen LogP contribution in [0, 0.1) is 0 Å². The number of hydrogen-bond acceptors (Lipinski definition) is 2. The number of nitrogens with one attached hydrogen (secondary N) is 1. The Labute approximate surface area is 151 Å². The van der Waals surface area contributed by atoms with Gasteiger partial charge in [-0.05, 0) is 60.9 Å². The predicted octanol–water partition coefficient (Wildman–Crippen LogP) is 4.78. The Morgan fingerprint density at radius 1 is 1.43 bits per heavy atom. The normalized spacial score (nSPS) is 19.1. The number of Topliss-reactive ketones (excluding diaryl/α,β-unsaturated/α-hetero) is 1. The van der Waals surface area contributed by atoms with Crippen molar-refractivity contribution in [3.05, 3.63) is 45.2 Å². The molecule has 23 heavy (non-hydrogen) atoms. The van der Waals surface area contributed by atoms with Gasteiger partial charge in [0.1, 0.15) is 5.78 Å². The molecular formula is C19H23IN2O. The second-order valence-electron chi connectivity index (χ2n) is 6.28. The van der Waals surface area contributed by atoms with Gasteiger partial charge in [-0.1, -0.05) is 24.3 Å². The summed E-state index contributed by atoms with van der Waals surface area (Å²) in [5.74, 6) is 0.272. The molecule has 1 N–H and O–H groups in total. The van der Waals surface area contributed by atoms with E-state index in [1.807, 2.05) is 0 Å². The molecule has 0 saturated heterocycles. The first kappa shape index (κ1) is 16.7. The fourth-order valence-electron chi connectivity index (χ4n) is 3.51. The number of hydrogen-bond donors (Lipinski definition) is 1. The van der Waals surface area contributed by atoms with Gasteiger partial charge >= 0.3 is 0 Å². The van der Waals surface area contributed by atoms with Crippen molar-refractivity contribution in [2.45, 2.75) is 39.2 Å². The number of aromatic amines is 1. The number of aromatic nitrogens is 1. The topological polar surface area (TPSA) is 36.1 Å². The molecule has 2 heterocycles. The van der Waals surface area contributed by atoms with Crippen LogP contribution in [0.3, 0.4) is 0 Å². The maximum Gasteiger partial charge on any atom is 0.129 e. The minimum Gasteiger partial charge on any atom is -0.357 e. The molecule has 0 unspecified atom stereocenters. The lowest BCUT2D eigenvalue weighted by Crippen LogP contribution is -2.36. The van der Waals surface area contributed by atoms with Crippen molar-refractivity contribution in [3.63, 3.8) is 0 Å². The summed E-state index contributed by atoms with van der Waals surface area (Å²) in [5, 5.41) is 1.34. The minimum absolute atomic E-state index is 0.272. The van der Waals surface area contributed by atoms with Gasteiger partial charge in [-0.15, -0.1) is 0 Å². The number of nitrogens with zero attached hydrogens (tertiary/aromatic N) is 1. The second kappa shape index (κ2) is 7.18. The Morgan fingerprint density at radius 2 is 2.22 bits per heavy atom. The summed E-state index contributed by atoms with van der Waals surface area (Å²) >= 11 is 2.42. The van der Waals surface area contributed by atoms with Crippen LogP contribution >= 0.6 is 22.6 Å². The number of carbonyl (C=O) groups is 1. The largest absolute Gasteiger partial charge is 0.357 e. The molecule has 0 bridgehead atoms. The zero-order valence-electron chi connectivity index (χ0n) is 13.7. The van der Waals surface area contributed by atoms with Crippen LogP contribution in [0.1, 0.15) is 44.0 Å². The number of carbonyl (C=O) groups excluding carboxylic acids is 1. The summed E-state index contributed by atoms with van der Waals surface area (Å²) in [5.41, 5.74) is 3.98. The molecule has 0 amide bonds. The molecule has 1 aliphatic rings. The van der Waals surface area contributed by atoms with Crippen LogP contribution in [0.15, 0.2) is 33.9 Å². The summed E-state index contributed by atoms with van der Waals surface area (Å²) in [7, 11) is 0. The number of para-hydroxylation sites is 1. The first-order valence-electron chi connectivity index (χ1n) is 8.23. The van der Waals surface area contributed by atoms with Crippen molar-refractivity contribution >= 4 is 39.3 Å². The monoisotopic (exact) mass is 422 g/mol. The van der Waals surface area contributed by atoms with E-state index in [2.05, 4.69) is 69.7 Å². The highest BCUT2D eigenvalue weighted by Gasteiger charge is 2.30. The van der Waals surface area contributed by atoms with Gasteiger partial charge in [-0.3, -0.25) is 4.90 Å². The fraction of sp³-hybridized carbons (Fsp3) is 0.421. The zero-order valence-corrected chi connectivity index (χ0v) is 15.9. The molecular weight excluding hydrogens is 399 g/mol. The molecule has 0 aliphatic carbocycles.